The Morgan fingerprint density at radius 1 is 0.867 bits per heavy atom. The van der Waals surface area contributed by atoms with Crippen LogP contribution in [0.4, 0.5) is 15.8 Å². The number of anilines is 2. The van der Waals surface area contributed by atoms with Gasteiger partial charge in [-0.15, -0.1) is 0 Å². The first-order chi connectivity index (χ1) is 14.6. The lowest BCUT2D eigenvalue weighted by atomic mass is 10.1. The Hall–Kier alpha value is -3.18. The molecule has 0 atom stereocenters. The summed E-state index contributed by atoms with van der Waals surface area (Å²) < 4.78 is 13.1. The van der Waals surface area contributed by atoms with Crippen LogP contribution in [0.25, 0.3) is 0 Å². The number of hydrogen-bond donors (Lipinski definition) is 1. The van der Waals surface area contributed by atoms with Crippen LogP contribution < -0.4 is 10.2 Å². The molecule has 5 heteroatoms. The minimum absolute atomic E-state index is 0.0988. The number of benzene rings is 3. The van der Waals surface area contributed by atoms with E-state index in [1.165, 1.54) is 17.7 Å². The van der Waals surface area contributed by atoms with Gasteiger partial charge in [0.05, 0.1) is 0 Å². The number of aryl methyl sites for hydroxylation is 1. The number of hydrogen-bond acceptors (Lipinski definition) is 3. The lowest BCUT2D eigenvalue weighted by molar-refractivity contribution is 0.102. The standard InChI is InChI=1S/C25H26FN3O/c1-19-2-10-23(11-3-19)27-25(30)21-6-4-20(5-7-21)18-28-14-16-29(17-15-28)24-12-8-22(26)9-13-24/h2-13H,14-18H2,1H3,(H,27,30). The summed E-state index contributed by atoms with van der Waals surface area (Å²) >= 11 is 0. The topological polar surface area (TPSA) is 35.6 Å². The van der Waals surface area contributed by atoms with Gasteiger partial charge in [-0.25, -0.2) is 4.39 Å². The highest BCUT2D eigenvalue weighted by molar-refractivity contribution is 6.04. The molecule has 0 bridgehead atoms. The van der Waals surface area contributed by atoms with Crippen molar-refractivity contribution in [1.82, 2.24) is 4.90 Å². The molecule has 1 amide bonds. The molecule has 0 spiro atoms. The van der Waals surface area contributed by atoms with Crippen molar-refractivity contribution in [2.45, 2.75) is 13.5 Å². The average Bonchev–Trinajstić information content (AvgIpc) is 2.77. The summed E-state index contributed by atoms with van der Waals surface area (Å²) in [6, 6.07) is 22.3. The van der Waals surface area contributed by atoms with Crippen LogP contribution in [-0.4, -0.2) is 37.0 Å². The van der Waals surface area contributed by atoms with Gasteiger partial charge < -0.3 is 10.2 Å². The Balaban J connectivity index is 1.29. The Labute approximate surface area is 176 Å². The number of nitrogens with zero attached hydrogens (tertiary/aromatic N) is 2. The van der Waals surface area contributed by atoms with Crippen LogP contribution >= 0.6 is 0 Å². The van der Waals surface area contributed by atoms with Crippen LogP contribution in [0, 0.1) is 12.7 Å². The molecule has 0 aromatic heterocycles. The Morgan fingerprint density at radius 2 is 1.50 bits per heavy atom. The van der Waals surface area contributed by atoms with Gasteiger partial charge in [0.15, 0.2) is 0 Å². The molecule has 0 saturated carbocycles. The van der Waals surface area contributed by atoms with Gasteiger partial charge in [-0.1, -0.05) is 29.8 Å². The van der Waals surface area contributed by atoms with Gasteiger partial charge in [0, 0.05) is 49.7 Å². The lowest BCUT2D eigenvalue weighted by Crippen LogP contribution is -2.45. The molecular weight excluding hydrogens is 377 g/mol. The Bertz CT molecular complexity index is 976. The minimum atomic E-state index is -0.201. The zero-order valence-corrected chi connectivity index (χ0v) is 17.1. The second-order valence-corrected chi connectivity index (χ2v) is 7.76. The van der Waals surface area contributed by atoms with Crippen LogP contribution in [0.15, 0.2) is 72.8 Å². The number of carbonyl (C=O) groups excluding carboxylic acids is 1. The zero-order chi connectivity index (χ0) is 20.9. The van der Waals surface area contributed by atoms with Gasteiger partial charge in [-0.2, -0.15) is 0 Å². The van der Waals surface area contributed by atoms with Gasteiger partial charge in [0.2, 0.25) is 0 Å². The van der Waals surface area contributed by atoms with Crippen molar-refractivity contribution in [3.63, 3.8) is 0 Å². The third-order valence-electron chi connectivity index (χ3n) is 5.50. The fourth-order valence-electron chi connectivity index (χ4n) is 3.68. The molecule has 3 aromatic carbocycles. The van der Waals surface area contributed by atoms with Crippen LogP contribution in [0.3, 0.4) is 0 Å². The largest absolute Gasteiger partial charge is 0.369 e. The van der Waals surface area contributed by atoms with Gasteiger partial charge >= 0.3 is 0 Å². The molecule has 1 fully saturated rings. The molecule has 154 valence electrons. The third-order valence-corrected chi connectivity index (χ3v) is 5.50. The van der Waals surface area contributed by atoms with E-state index in [1.54, 1.807) is 0 Å². The summed E-state index contributed by atoms with van der Waals surface area (Å²) in [6.45, 7) is 6.62. The van der Waals surface area contributed by atoms with E-state index in [1.807, 2.05) is 67.6 Å². The van der Waals surface area contributed by atoms with Crippen molar-refractivity contribution in [3.05, 3.63) is 95.3 Å². The summed E-state index contributed by atoms with van der Waals surface area (Å²) in [5.74, 6) is -0.299. The van der Waals surface area contributed by atoms with E-state index in [9.17, 15) is 9.18 Å². The summed E-state index contributed by atoms with van der Waals surface area (Å²) in [7, 11) is 0. The highest BCUT2D eigenvalue weighted by Gasteiger charge is 2.17. The molecule has 30 heavy (non-hydrogen) atoms. The van der Waals surface area contributed by atoms with E-state index in [-0.39, 0.29) is 11.7 Å². The lowest BCUT2D eigenvalue weighted by Gasteiger charge is -2.36. The Kier molecular flexibility index (Phi) is 6.10. The number of piperazine rings is 1. The number of amides is 1. The van der Waals surface area contributed by atoms with Crippen LogP contribution in [-0.2, 0) is 6.54 Å². The summed E-state index contributed by atoms with van der Waals surface area (Å²) in [4.78, 5) is 17.1. The van der Waals surface area contributed by atoms with E-state index in [0.29, 0.717) is 5.56 Å². The number of halogens is 1. The molecule has 1 aliphatic heterocycles. The normalized spacial score (nSPS) is 14.5. The zero-order valence-electron chi connectivity index (χ0n) is 17.1. The minimum Gasteiger partial charge on any atom is -0.369 e. The predicted molar refractivity (Wildman–Crippen MR) is 119 cm³/mol. The fraction of sp³-hybridized carbons (Fsp3) is 0.240. The van der Waals surface area contributed by atoms with E-state index >= 15 is 0 Å². The second-order valence-electron chi connectivity index (χ2n) is 7.76. The van der Waals surface area contributed by atoms with E-state index in [2.05, 4.69) is 15.1 Å². The van der Waals surface area contributed by atoms with Crippen LogP contribution in [0.1, 0.15) is 21.5 Å². The maximum absolute atomic E-state index is 13.1. The molecule has 3 aromatic rings. The maximum atomic E-state index is 13.1. The molecule has 4 rings (SSSR count). The highest BCUT2D eigenvalue weighted by Crippen LogP contribution is 2.18. The first kappa shape index (κ1) is 20.1. The molecule has 1 N–H and O–H groups in total. The van der Waals surface area contributed by atoms with Crippen molar-refractivity contribution in [2.75, 3.05) is 36.4 Å². The molecule has 1 heterocycles. The predicted octanol–water partition coefficient (Wildman–Crippen LogP) is 4.71. The van der Waals surface area contributed by atoms with E-state index in [4.69, 9.17) is 0 Å². The SMILES string of the molecule is Cc1ccc(NC(=O)c2ccc(CN3CCN(c4ccc(F)cc4)CC3)cc2)cc1. The monoisotopic (exact) mass is 403 g/mol. The molecule has 0 radical (unpaired) electrons. The van der Waals surface area contributed by atoms with Gasteiger partial charge in [-0.05, 0) is 61.0 Å². The smallest absolute Gasteiger partial charge is 0.255 e. The van der Waals surface area contributed by atoms with Crippen LogP contribution in [0.5, 0.6) is 0 Å². The molecular formula is C25H26FN3O. The Morgan fingerprint density at radius 3 is 2.13 bits per heavy atom. The number of rotatable bonds is 5. The summed E-state index contributed by atoms with van der Waals surface area (Å²) in [5, 5.41) is 2.93. The molecule has 1 saturated heterocycles. The van der Waals surface area contributed by atoms with Gasteiger partial charge in [0.25, 0.3) is 5.91 Å². The summed E-state index contributed by atoms with van der Waals surface area (Å²) in [5.41, 5.74) is 4.88. The third kappa shape index (κ3) is 5.05. The van der Waals surface area contributed by atoms with Crippen molar-refractivity contribution in [3.8, 4) is 0 Å². The number of carbonyl (C=O) groups is 1. The molecule has 1 aliphatic rings. The van der Waals surface area contributed by atoms with Crippen LogP contribution in [0.2, 0.25) is 0 Å². The van der Waals surface area contributed by atoms with Crippen molar-refractivity contribution in [2.24, 2.45) is 0 Å². The molecule has 0 unspecified atom stereocenters. The van der Waals surface area contributed by atoms with Crippen molar-refractivity contribution in [1.29, 1.82) is 0 Å². The quantitative estimate of drug-likeness (QED) is 0.670. The van der Waals surface area contributed by atoms with E-state index in [0.717, 1.165) is 49.7 Å². The van der Waals surface area contributed by atoms with Crippen molar-refractivity contribution >= 4 is 17.3 Å². The van der Waals surface area contributed by atoms with Gasteiger partial charge in [0.1, 0.15) is 5.82 Å². The first-order valence-corrected chi connectivity index (χ1v) is 10.3. The first-order valence-electron chi connectivity index (χ1n) is 10.3. The highest BCUT2D eigenvalue weighted by atomic mass is 19.1. The second kappa shape index (κ2) is 9.09. The van der Waals surface area contributed by atoms with Gasteiger partial charge in [-0.3, -0.25) is 9.69 Å². The fourth-order valence-corrected chi connectivity index (χ4v) is 3.68. The maximum Gasteiger partial charge on any atom is 0.255 e. The van der Waals surface area contributed by atoms with E-state index < -0.39 is 0 Å². The molecule has 4 nitrogen and oxygen atoms in total. The molecule has 0 aliphatic carbocycles. The average molecular weight is 404 g/mol. The summed E-state index contributed by atoms with van der Waals surface area (Å²) in [6.07, 6.45) is 0. The number of nitrogens with one attached hydrogen (secondary N) is 1. The van der Waals surface area contributed by atoms with Crippen molar-refractivity contribution < 1.29 is 9.18 Å².